The second-order valence-electron chi connectivity index (χ2n) is 13.1. The van der Waals surface area contributed by atoms with Crippen molar-refractivity contribution >= 4 is 11.9 Å². The van der Waals surface area contributed by atoms with E-state index < -0.39 is 24.3 Å². The normalized spacial score (nSPS) is 55.8. The first-order chi connectivity index (χ1) is 16.1. The van der Waals surface area contributed by atoms with Crippen molar-refractivity contribution in [2.75, 3.05) is 6.61 Å². The molecule has 0 aromatic rings. The van der Waals surface area contributed by atoms with Crippen molar-refractivity contribution in [1.29, 1.82) is 0 Å². The van der Waals surface area contributed by atoms with E-state index in [0.29, 0.717) is 18.3 Å². The summed E-state index contributed by atoms with van der Waals surface area (Å²) in [6, 6.07) is 0. The Kier molecular flexibility index (Phi) is 5.07. The number of rotatable bonds is 2. The van der Waals surface area contributed by atoms with Crippen molar-refractivity contribution in [3.05, 3.63) is 0 Å². The van der Waals surface area contributed by atoms with Crippen LogP contribution in [0.4, 0.5) is 0 Å². The van der Waals surface area contributed by atoms with Crippen molar-refractivity contribution in [2.45, 2.75) is 110 Å². The topological polar surface area (TPSA) is 91.3 Å². The molecule has 3 heterocycles. The van der Waals surface area contributed by atoms with Gasteiger partial charge in [0.05, 0.1) is 6.42 Å². The molecule has 3 aliphatic carbocycles. The van der Waals surface area contributed by atoms with E-state index in [0.717, 1.165) is 32.1 Å². The molecule has 0 amide bonds. The number of fused-ring (bicyclic) bond motifs is 7. The predicted molar refractivity (Wildman–Crippen MR) is 121 cm³/mol. The van der Waals surface area contributed by atoms with Crippen molar-refractivity contribution in [3.63, 3.8) is 0 Å². The molecule has 6 rings (SSSR count). The molecule has 0 radical (unpaired) electrons. The lowest BCUT2D eigenvalue weighted by Crippen LogP contribution is -2.61. The zero-order valence-electron chi connectivity index (χ0n) is 21.0. The highest BCUT2D eigenvalue weighted by Gasteiger charge is 2.71. The first-order valence-corrected chi connectivity index (χ1v) is 13.4. The van der Waals surface area contributed by atoms with Crippen molar-refractivity contribution < 1.29 is 33.6 Å². The third-order valence-corrected chi connectivity index (χ3v) is 11.5. The Bertz CT molecular complexity index is 890. The average molecular weight is 477 g/mol. The van der Waals surface area contributed by atoms with E-state index in [1.807, 2.05) is 0 Å². The zero-order chi connectivity index (χ0) is 24.1. The summed E-state index contributed by atoms with van der Waals surface area (Å²) in [6.07, 6.45) is 6.78. The Hall–Kier alpha value is -1.18. The van der Waals surface area contributed by atoms with Gasteiger partial charge in [-0.25, -0.2) is 0 Å². The van der Waals surface area contributed by atoms with Crippen LogP contribution in [0.2, 0.25) is 0 Å². The van der Waals surface area contributed by atoms with Gasteiger partial charge in [0.1, 0.15) is 6.10 Å². The Morgan fingerprint density at radius 2 is 1.88 bits per heavy atom. The molecule has 34 heavy (non-hydrogen) atoms. The van der Waals surface area contributed by atoms with Gasteiger partial charge in [-0.15, -0.1) is 0 Å². The fourth-order valence-corrected chi connectivity index (χ4v) is 10.1. The maximum atomic E-state index is 12.2. The highest BCUT2D eigenvalue weighted by atomic mass is 16.8. The van der Waals surface area contributed by atoms with E-state index in [9.17, 15) is 14.7 Å². The van der Waals surface area contributed by atoms with E-state index in [1.165, 1.54) is 19.8 Å². The van der Waals surface area contributed by atoms with Crippen LogP contribution in [0.1, 0.15) is 85.5 Å². The minimum absolute atomic E-state index is 0.00602. The molecule has 7 nitrogen and oxygen atoms in total. The van der Waals surface area contributed by atoms with Crippen LogP contribution in [0.5, 0.6) is 0 Å². The SMILES string of the molecule is CC(=O)O[C@@H]1C[C@@H]2[C@H](CC[C@H]3[C@@]2(C)CCC2[C@@](C)(CO)CCC[C@@]23C)[C@H]2O[C@H]3OC(=O)C[C@@]31O2. The van der Waals surface area contributed by atoms with Crippen LogP contribution in [0.25, 0.3) is 0 Å². The summed E-state index contributed by atoms with van der Waals surface area (Å²) in [5.41, 5.74) is -0.788. The number of esters is 2. The summed E-state index contributed by atoms with van der Waals surface area (Å²) in [6.45, 7) is 8.93. The molecule has 1 spiro atoms. The maximum Gasteiger partial charge on any atom is 0.311 e. The molecule has 7 heteroatoms. The second kappa shape index (κ2) is 7.42. The summed E-state index contributed by atoms with van der Waals surface area (Å²) >= 11 is 0. The molecule has 190 valence electrons. The van der Waals surface area contributed by atoms with Gasteiger partial charge in [-0.1, -0.05) is 27.2 Å². The standard InChI is InChI=1S/C27H40O7/c1-15(29)31-20-12-17-16(22-33-23-27(20,34-22)13-21(30)32-23)6-7-19-25(17,3)11-8-18-24(2,14-28)9-5-10-26(18,19)4/h16-20,22-23,28H,5-14H2,1-4H3/t16-,17+,18?,19-,20+,22-,23+,24+,25-,26-,27-/m0/s1. The van der Waals surface area contributed by atoms with Crippen LogP contribution in [-0.2, 0) is 28.5 Å². The summed E-state index contributed by atoms with van der Waals surface area (Å²) in [5, 5.41) is 10.4. The van der Waals surface area contributed by atoms with Gasteiger partial charge in [-0.05, 0) is 78.9 Å². The highest BCUT2D eigenvalue weighted by Crippen LogP contribution is 2.71. The molecule has 3 aliphatic heterocycles. The summed E-state index contributed by atoms with van der Waals surface area (Å²) in [7, 11) is 0. The van der Waals surface area contributed by atoms with Gasteiger partial charge in [-0.2, -0.15) is 0 Å². The highest BCUT2D eigenvalue weighted by molar-refractivity contribution is 5.74. The van der Waals surface area contributed by atoms with Gasteiger partial charge >= 0.3 is 11.9 Å². The second-order valence-corrected chi connectivity index (χ2v) is 13.1. The number of carbonyl (C=O) groups is 2. The number of hydrogen-bond donors (Lipinski definition) is 1. The lowest BCUT2D eigenvalue weighted by Gasteiger charge is -2.67. The molecule has 1 N–H and O–H groups in total. The van der Waals surface area contributed by atoms with E-state index in [1.54, 1.807) is 0 Å². The van der Waals surface area contributed by atoms with Crippen LogP contribution >= 0.6 is 0 Å². The van der Waals surface area contributed by atoms with Crippen molar-refractivity contribution in [1.82, 2.24) is 0 Å². The number of carbonyl (C=O) groups excluding carboxylic acids is 2. The molecule has 6 fully saturated rings. The zero-order valence-corrected chi connectivity index (χ0v) is 21.0. The van der Waals surface area contributed by atoms with E-state index >= 15 is 0 Å². The lowest BCUT2D eigenvalue weighted by molar-refractivity contribution is -0.225. The fourth-order valence-electron chi connectivity index (χ4n) is 10.1. The number of aliphatic hydroxyl groups excluding tert-OH is 1. The third kappa shape index (κ3) is 2.92. The van der Waals surface area contributed by atoms with E-state index in [-0.39, 0.29) is 53.0 Å². The van der Waals surface area contributed by atoms with Gasteiger partial charge in [0.25, 0.3) is 0 Å². The van der Waals surface area contributed by atoms with Gasteiger partial charge in [0, 0.05) is 19.4 Å². The fraction of sp³-hybridized carbons (Fsp3) is 0.926. The number of ether oxygens (including phenoxy) is 4. The molecular formula is C27H40O7. The van der Waals surface area contributed by atoms with Gasteiger partial charge in [-0.3, -0.25) is 9.59 Å². The predicted octanol–water partition coefficient (Wildman–Crippen LogP) is 3.95. The molecule has 1 unspecified atom stereocenters. The first kappa shape index (κ1) is 23.2. The molecule has 3 saturated carbocycles. The number of hydrogen-bond acceptors (Lipinski definition) is 7. The van der Waals surface area contributed by atoms with Crippen LogP contribution in [0, 0.1) is 39.9 Å². The average Bonchev–Trinajstić information content (AvgIpc) is 3.21. The Morgan fingerprint density at radius 3 is 2.62 bits per heavy atom. The van der Waals surface area contributed by atoms with Crippen LogP contribution in [-0.4, -0.2) is 47.9 Å². The minimum Gasteiger partial charge on any atom is -0.459 e. The van der Waals surface area contributed by atoms with Gasteiger partial charge in [0.15, 0.2) is 11.9 Å². The van der Waals surface area contributed by atoms with Gasteiger partial charge in [0.2, 0.25) is 6.29 Å². The van der Waals surface area contributed by atoms with E-state index in [2.05, 4.69) is 20.8 Å². The van der Waals surface area contributed by atoms with Gasteiger partial charge < -0.3 is 24.1 Å². The molecule has 2 bridgehead atoms. The minimum atomic E-state index is -1.03. The number of aliphatic hydroxyl groups is 1. The lowest BCUT2D eigenvalue weighted by atomic mass is 9.38. The van der Waals surface area contributed by atoms with Crippen LogP contribution in [0.15, 0.2) is 0 Å². The molecule has 11 atom stereocenters. The molecular weight excluding hydrogens is 436 g/mol. The summed E-state index contributed by atoms with van der Waals surface area (Å²) in [5.74, 6) is 0.814. The molecule has 6 aliphatic rings. The Labute approximate surface area is 202 Å². The van der Waals surface area contributed by atoms with Crippen LogP contribution in [0.3, 0.4) is 0 Å². The van der Waals surface area contributed by atoms with Crippen molar-refractivity contribution in [2.24, 2.45) is 39.9 Å². The molecule has 3 saturated heterocycles. The largest absolute Gasteiger partial charge is 0.459 e. The maximum absolute atomic E-state index is 12.2. The monoisotopic (exact) mass is 476 g/mol. The Balaban J connectivity index is 1.38. The first-order valence-electron chi connectivity index (χ1n) is 13.4. The quantitative estimate of drug-likeness (QED) is 0.603. The smallest absolute Gasteiger partial charge is 0.311 e. The molecule has 0 aromatic heterocycles. The van der Waals surface area contributed by atoms with E-state index in [4.69, 9.17) is 18.9 Å². The summed E-state index contributed by atoms with van der Waals surface area (Å²) in [4.78, 5) is 24.4. The third-order valence-electron chi connectivity index (χ3n) is 11.5. The Morgan fingerprint density at radius 1 is 1.09 bits per heavy atom. The summed E-state index contributed by atoms with van der Waals surface area (Å²) < 4.78 is 24.2. The van der Waals surface area contributed by atoms with Crippen molar-refractivity contribution in [3.8, 4) is 0 Å². The molecule has 0 aromatic carbocycles. The van der Waals surface area contributed by atoms with Crippen LogP contribution < -0.4 is 0 Å².